The average Bonchev–Trinajstić information content (AvgIpc) is 3.17. The third-order valence-corrected chi connectivity index (χ3v) is 6.23. The highest BCUT2D eigenvalue weighted by Crippen LogP contribution is 2.35. The molecule has 0 N–H and O–H groups in total. The Labute approximate surface area is 175 Å². The fourth-order valence-electron chi connectivity index (χ4n) is 4.14. The van der Waals surface area contributed by atoms with Crippen LogP contribution in [0.2, 0.25) is 10.0 Å². The third kappa shape index (κ3) is 3.47. The van der Waals surface area contributed by atoms with Gasteiger partial charge in [-0.25, -0.2) is 9.97 Å². The van der Waals surface area contributed by atoms with Crippen LogP contribution in [-0.4, -0.2) is 50.7 Å². The first-order chi connectivity index (χ1) is 13.3. The number of hydrogen-bond donors (Lipinski definition) is 0. The van der Waals surface area contributed by atoms with Gasteiger partial charge in [0, 0.05) is 55.1 Å². The molecule has 4 rings (SSSR count). The second-order valence-electron chi connectivity index (χ2n) is 8.39. The van der Waals surface area contributed by atoms with E-state index in [0.717, 1.165) is 42.0 Å². The SMILES string of the molecule is CC1CN(c2cc(-n3ccnc3)c3ccc(Cl)c(Cl)c3n2)CCN1C(C)(C)C. The van der Waals surface area contributed by atoms with E-state index in [4.69, 9.17) is 28.2 Å². The molecule has 0 bridgehead atoms. The van der Waals surface area contributed by atoms with E-state index < -0.39 is 0 Å². The number of aromatic nitrogens is 3. The first-order valence-electron chi connectivity index (χ1n) is 9.54. The molecule has 1 fully saturated rings. The molecule has 0 spiro atoms. The lowest BCUT2D eigenvalue weighted by Gasteiger charge is -2.47. The largest absolute Gasteiger partial charge is 0.354 e. The Morgan fingerprint density at radius 1 is 1.14 bits per heavy atom. The zero-order valence-electron chi connectivity index (χ0n) is 16.7. The van der Waals surface area contributed by atoms with Crippen LogP contribution in [0.1, 0.15) is 27.7 Å². The summed E-state index contributed by atoms with van der Waals surface area (Å²) in [5.74, 6) is 0.917. The van der Waals surface area contributed by atoms with Crippen LogP contribution < -0.4 is 4.90 Å². The van der Waals surface area contributed by atoms with Crippen LogP contribution in [-0.2, 0) is 0 Å². The van der Waals surface area contributed by atoms with Gasteiger partial charge in [0.1, 0.15) is 5.82 Å². The molecule has 0 amide bonds. The lowest BCUT2D eigenvalue weighted by atomic mass is 10.0. The van der Waals surface area contributed by atoms with E-state index >= 15 is 0 Å². The zero-order valence-corrected chi connectivity index (χ0v) is 18.2. The number of halogens is 2. The van der Waals surface area contributed by atoms with Gasteiger partial charge >= 0.3 is 0 Å². The first kappa shape index (κ1) is 19.5. The van der Waals surface area contributed by atoms with Gasteiger partial charge in [-0.1, -0.05) is 23.2 Å². The van der Waals surface area contributed by atoms with E-state index in [1.807, 2.05) is 22.9 Å². The van der Waals surface area contributed by atoms with Gasteiger partial charge < -0.3 is 9.47 Å². The topological polar surface area (TPSA) is 37.2 Å². The van der Waals surface area contributed by atoms with E-state index in [2.05, 4.69) is 48.5 Å². The highest BCUT2D eigenvalue weighted by Gasteiger charge is 2.32. The maximum absolute atomic E-state index is 6.54. The first-order valence-corrected chi connectivity index (χ1v) is 10.3. The summed E-state index contributed by atoms with van der Waals surface area (Å²) in [7, 11) is 0. The molecular weight excluding hydrogens is 393 g/mol. The van der Waals surface area contributed by atoms with Gasteiger partial charge in [-0.15, -0.1) is 0 Å². The summed E-state index contributed by atoms with van der Waals surface area (Å²) in [5, 5.41) is 1.96. The van der Waals surface area contributed by atoms with E-state index in [9.17, 15) is 0 Å². The smallest absolute Gasteiger partial charge is 0.131 e. The Bertz CT molecular complexity index is 994. The number of nitrogens with zero attached hydrogens (tertiary/aromatic N) is 5. The summed E-state index contributed by atoms with van der Waals surface area (Å²) >= 11 is 12.8. The Balaban J connectivity index is 1.79. The zero-order chi connectivity index (χ0) is 20.1. The predicted molar refractivity (Wildman–Crippen MR) is 117 cm³/mol. The molecule has 148 valence electrons. The number of benzene rings is 1. The van der Waals surface area contributed by atoms with Crippen molar-refractivity contribution in [2.24, 2.45) is 0 Å². The minimum absolute atomic E-state index is 0.154. The van der Waals surface area contributed by atoms with Gasteiger partial charge in [0.05, 0.1) is 27.6 Å². The average molecular weight is 418 g/mol. The standard InChI is InChI=1S/C21H25Cl2N5/c1-14-12-26(9-10-28(14)21(2,3)4)18-11-17(27-8-7-24-13-27)15-5-6-16(22)19(23)20(15)25-18/h5-8,11,13-14H,9-10,12H2,1-4H3. The van der Waals surface area contributed by atoms with Crippen LogP contribution in [0.4, 0.5) is 5.82 Å². The monoisotopic (exact) mass is 417 g/mol. The van der Waals surface area contributed by atoms with Crippen LogP contribution >= 0.6 is 23.2 Å². The lowest BCUT2D eigenvalue weighted by molar-refractivity contribution is 0.0797. The molecule has 1 atom stereocenters. The molecule has 1 aliphatic heterocycles. The summed E-state index contributed by atoms with van der Waals surface area (Å²) in [6, 6.07) is 6.33. The molecule has 1 aliphatic rings. The van der Waals surface area contributed by atoms with Crippen molar-refractivity contribution in [1.82, 2.24) is 19.4 Å². The van der Waals surface area contributed by atoms with E-state index in [-0.39, 0.29) is 5.54 Å². The predicted octanol–water partition coefficient (Wildman–Crippen LogP) is 5.04. The maximum Gasteiger partial charge on any atom is 0.131 e. The van der Waals surface area contributed by atoms with Crippen molar-refractivity contribution in [1.29, 1.82) is 0 Å². The fraction of sp³-hybridized carbons (Fsp3) is 0.429. The number of anilines is 1. The van der Waals surface area contributed by atoms with Crippen molar-refractivity contribution in [3.05, 3.63) is 47.0 Å². The van der Waals surface area contributed by atoms with Crippen molar-refractivity contribution in [2.75, 3.05) is 24.5 Å². The van der Waals surface area contributed by atoms with Crippen LogP contribution in [0.3, 0.4) is 0 Å². The summed E-state index contributed by atoms with van der Waals surface area (Å²) in [6.45, 7) is 11.9. The molecule has 5 nitrogen and oxygen atoms in total. The second kappa shape index (κ2) is 7.21. The Kier molecular flexibility index (Phi) is 5.02. The van der Waals surface area contributed by atoms with Gasteiger partial charge in [-0.3, -0.25) is 4.90 Å². The maximum atomic E-state index is 6.54. The van der Waals surface area contributed by atoms with Crippen LogP contribution in [0.5, 0.6) is 0 Å². The highest BCUT2D eigenvalue weighted by molar-refractivity contribution is 6.45. The van der Waals surface area contributed by atoms with Crippen molar-refractivity contribution >= 4 is 39.9 Å². The second-order valence-corrected chi connectivity index (χ2v) is 9.17. The van der Waals surface area contributed by atoms with Gasteiger partial charge in [-0.05, 0) is 39.8 Å². The quantitative estimate of drug-likeness (QED) is 0.585. The van der Waals surface area contributed by atoms with E-state index in [1.54, 1.807) is 12.5 Å². The highest BCUT2D eigenvalue weighted by atomic mass is 35.5. The normalized spacial score (nSPS) is 18.8. The van der Waals surface area contributed by atoms with Gasteiger partial charge in [0.15, 0.2) is 0 Å². The molecule has 1 aromatic carbocycles. The van der Waals surface area contributed by atoms with Crippen molar-refractivity contribution < 1.29 is 0 Å². The summed E-state index contributed by atoms with van der Waals surface area (Å²) in [5.41, 5.74) is 1.88. The van der Waals surface area contributed by atoms with E-state index in [0.29, 0.717) is 16.1 Å². The number of piperazine rings is 1. The van der Waals surface area contributed by atoms with Crippen molar-refractivity contribution in [3.63, 3.8) is 0 Å². The Morgan fingerprint density at radius 3 is 2.57 bits per heavy atom. The van der Waals surface area contributed by atoms with Gasteiger partial charge in [0.25, 0.3) is 0 Å². The molecule has 2 aromatic heterocycles. The molecule has 0 saturated carbocycles. The molecular formula is C21H25Cl2N5. The van der Waals surface area contributed by atoms with Crippen LogP contribution in [0.15, 0.2) is 36.9 Å². The molecule has 0 radical (unpaired) electrons. The molecule has 3 aromatic rings. The third-order valence-electron chi connectivity index (χ3n) is 5.43. The number of pyridine rings is 1. The molecule has 28 heavy (non-hydrogen) atoms. The molecule has 1 unspecified atom stereocenters. The summed E-state index contributed by atoms with van der Waals surface area (Å²) in [4.78, 5) is 14.0. The minimum atomic E-state index is 0.154. The lowest BCUT2D eigenvalue weighted by Crippen LogP contribution is -2.58. The molecule has 1 saturated heterocycles. The number of rotatable bonds is 2. The Morgan fingerprint density at radius 2 is 1.93 bits per heavy atom. The molecule has 3 heterocycles. The summed E-state index contributed by atoms with van der Waals surface area (Å²) in [6.07, 6.45) is 5.50. The van der Waals surface area contributed by atoms with Crippen molar-refractivity contribution in [2.45, 2.75) is 39.3 Å². The molecule has 7 heteroatoms. The number of imidazole rings is 1. The Hall–Kier alpha value is -1.82. The van der Waals surface area contributed by atoms with Gasteiger partial charge in [-0.2, -0.15) is 0 Å². The summed E-state index contributed by atoms with van der Waals surface area (Å²) < 4.78 is 1.99. The van der Waals surface area contributed by atoms with Gasteiger partial charge in [0.2, 0.25) is 0 Å². The number of fused-ring (bicyclic) bond motifs is 1. The molecule has 0 aliphatic carbocycles. The van der Waals surface area contributed by atoms with Crippen LogP contribution in [0, 0.1) is 0 Å². The minimum Gasteiger partial charge on any atom is -0.354 e. The number of hydrogen-bond acceptors (Lipinski definition) is 4. The van der Waals surface area contributed by atoms with Crippen LogP contribution in [0.25, 0.3) is 16.6 Å². The fourth-order valence-corrected chi connectivity index (χ4v) is 4.50. The van der Waals surface area contributed by atoms with Crippen molar-refractivity contribution in [3.8, 4) is 5.69 Å². The van der Waals surface area contributed by atoms with E-state index in [1.165, 1.54) is 0 Å².